The van der Waals surface area contributed by atoms with Crippen molar-refractivity contribution in [3.63, 3.8) is 0 Å². The molecule has 7 aromatic carbocycles. The van der Waals surface area contributed by atoms with Crippen LogP contribution in [0.3, 0.4) is 0 Å². The monoisotopic (exact) mass is 691 g/mol. The van der Waals surface area contributed by atoms with Gasteiger partial charge in [-0.25, -0.2) is 0 Å². The predicted octanol–water partition coefficient (Wildman–Crippen LogP) is 12.3. The van der Waals surface area contributed by atoms with Gasteiger partial charge in [-0.05, 0) is 102 Å². The van der Waals surface area contributed by atoms with Crippen LogP contribution < -0.4 is 15.3 Å². The van der Waals surface area contributed by atoms with Crippen molar-refractivity contribution in [3.8, 4) is 33.4 Å². The van der Waals surface area contributed by atoms with Crippen molar-refractivity contribution < 1.29 is 0 Å². The van der Waals surface area contributed by atoms with E-state index in [2.05, 4.69) is 219 Å². The highest BCUT2D eigenvalue weighted by atomic mass is 15.1. The lowest BCUT2D eigenvalue weighted by Crippen LogP contribution is -2.35. The summed E-state index contributed by atoms with van der Waals surface area (Å²) in [7, 11) is 0. The third kappa shape index (κ3) is 5.31. The van der Waals surface area contributed by atoms with E-state index in [0.717, 1.165) is 17.1 Å². The van der Waals surface area contributed by atoms with E-state index in [1.165, 1.54) is 66.1 Å². The highest BCUT2D eigenvalue weighted by molar-refractivity contribution is 5.89. The van der Waals surface area contributed by atoms with Gasteiger partial charge < -0.3 is 4.90 Å². The molecule has 258 valence electrons. The van der Waals surface area contributed by atoms with Crippen molar-refractivity contribution in [1.29, 1.82) is 0 Å². The Balaban J connectivity index is 1.10. The lowest BCUT2D eigenvalue weighted by Gasteiger charge is -2.30. The smallest absolute Gasteiger partial charge is 0.0465 e. The second kappa shape index (κ2) is 12.9. The third-order valence-corrected chi connectivity index (χ3v) is 11.9. The zero-order valence-electron chi connectivity index (χ0n) is 30.7. The number of benzene rings is 7. The second-order valence-electron chi connectivity index (χ2n) is 15.3. The molecule has 0 saturated carbocycles. The van der Waals surface area contributed by atoms with Crippen LogP contribution in [0.1, 0.15) is 36.5 Å². The fraction of sp³-hybridized carbons (Fsp3) is 0.0943. The van der Waals surface area contributed by atoms with E-state index in [1.807, 2.05) is 0 Å². The first-order chi connectivity index (χ1) is 26.5. The molecule has 0 saturated heterocycles. The molecule has 0 aliphatic heterocycles. The average Bonchev–Trinajstić information content (AvgIpc) is 3.47. The highest BCUT2D eigenvalue weighted by Crippen LogP contribution is 2.54. The number of rotatable bonds is 6. The van der Waals surface area contributed by atoms with Gasteiger partial charge in [-0.2, -0.15) is 0 Å². The molecule has 2 atom stereocenters. The van der Waals surface area contributed by atoms with Gasteiger partial charge in [0.2, 0.25) is 0 Å². The minimum atomic E-state index is -0.169. The predicted molar refractivity (Wildman–Crippen MR) is 228 cm³/mol. The van der Waals surface area contributed by atoms with Gasteiger partial charge in [0.15, 0.2) is 0 Å². The first-order valence-corrected chi connectivity index (χ1v) is 19.1. The molecule has 0 radical (unpaired) electrons. The normalized spacial score (nSPS) is 17.2. The summed E-state index contributed by atoms with van der Waals surface area (Å²) in [5, 5.41) is 2.68. The van der Waals surface area contributed by atoms with Gasteiger partial charge >= 0.3 is 0 Å². The Labute approximate surface area is 318 Å². The van der Waals surface area contributed by atoms with E-state index in [0.29, 0.717) is 5.92 Å². The number of nitrogens with zero attached hydrogens (tertiary/aromatic N) is 1. The fourth-order valence-corrected chi connectivity index (χ4v) is 9.16. The van der Waals surface area contributed by atoms with Gasteiger partial charge in [0.25, 0.3) is 0 Å². The van der Waals surface area contributed by atoms with Crippen LogP contribution in [-0.2, 0) is 5.41 Å². The van der Waals surface area contributed by atoms with Gasteiger partial charge in [0.05, 0.1) is 0 Å². The van der Waals surface area contributed by atoms with Crippen LogP contribution in [0, 0.1) is 5.92 Å². The summed E-state index contributed by atoms with van der Waals surface area (Å²) >= 11 is 0. The maximum Gasteiger partial charge on any atom is 0.0465 e. The van der Waals surface area contributed by atoms with Crippen LogP contribution in [0.2, 0.25) is 0 Å². The van der Waals surface area contributed by atoms with Crippen molar-refractivity contribution in [2.24, 2.45) is 5.92 Å². The van der Waals surface area contributed by atoms with Crippen LogP contribution in [0.5, 0.6) is 0 Å². The molecule has 2 unspecified atom stereocenters. The molecule has 0 aromatic heterocycles. The topological polar surface area (TPSA) is 3.24 Å². The lowest BCUT2D eigenvalue weighted by atomic mass is 9.73. The molecular weight excluding hydrogens is 651 g/mol. The van der Waals surface area contributed by atoms with Gasteiger partial charge in [-0.15, -0.1) is 0 Å². The number of fused-ring (bicyclic) bond motifs is 5. The van der Waals surface area contributed by atoms with Crippen molar-refractivity contribution >= 4 is 28.7 Å². The van der Waals surface area contributed by atoms with E-state index in [1.54, 1.807) is 0 Å². The molecular formula is C53H41N. The molecule has 0 amide bonds. The maximum absolute atomic E-state index is 2.52. The molecule has 3 aliphatic carbocycles. The van der Waals surface area contributed by atoms with Gasteiger partial charge in [0, 0.05) is 34.3 Å². The Bertz CT molecular complexity index is 2630. The average molecular weight is 692 g/mol. The van der Waals surface area contributed by atoms with Crippen LogP contribution in [0.4, 0.5) is 17.1 Å². The van der Waals surface area contributed by atoms with Crippen LogP contribution in [-0.4, -0.2) is 0 Å². The largest absolute Gasteiger partial charge is 0.310 e. The van der Waals surface area contributed by atoms with Crippen LogP contribution >= 0.6 is 0 Å². The number of hydrogen-bond acceptors (Lipinski definition) is 1. The quantitative estimate of drug-likeness (QED) is 0.168. The maximum atomic E-state index is 2.52. The van der Waals surface area contributed by atoms with Crippen LogP contribution in [0.15, 0.2) is 194 Å². The van der Waals surface area contributed by atoms with E-state index in [-0.39, 0.29) is 11.3 Å². The highest BCUT2D eigenvalue weighted by Gasteiger charge is 2.39. The molecule has 1 heteroatoms. The second-order valence-corrected chi connectivity index (χ2v) is 15.3. The Hall–Kier alpha value is -6.44. The van der Waals surface area contributed by atoms with Crippen LogP contribution in [0.25, 0.3) is 45.0 Å². The molecule has 0 bridgehead atoms. The summed E-state index contributed by atoms with van der Waals surface area (Å²) in [6, 6.07) is 62.4. The summed E-state index contributed by atoms with van der Waals surface area (Å²) in [4.78, 5) is 2.41. The summed E-state index contributed by atoms with van der Waals surface area (Å²) < 4.78 is 0. The molecule has 1 nitrogen and oxygen atoms in total. The molecule has 3 aliphatic rings. The van der Waals surface area contributed by atoms with E-state index in [4.69, 9.17) is 0 Å². The summed E-state index contributed by atoms with van der Waals surface area (Å²) in [6.45, 7) is 4.80. The molecule has 10 rings (SSSR count). The Morgan fingerprint density at radius 2 is 1.07 bits per heavy atom. The number of allylic oxidation sites excluding steroid dienone is 4. The Morgan fingerprint density at radius 3 is 1.74 bits per heavy atom. The fourth-order valence-electron chi connectivity index (χ4n) is 9.16. The van der Waals surface area contributed by atoms with Gasteiger partial charge in [-0.3, -0.25) is 0 Å². The van der Waals surface area contributed by atoms with Crippen molar-refractivity contribution in [1.82, 2.24) is 0 Å². The molecule has 0 heterocycles. The van der Waals surface area contributed by atoms with E-state index in [9.17, 15) is 0 Å². The Kier molecular flexibility index (Phi) is 7.70. The third-order valence-electron chi connectivity index (χ3n) is 11.9. The number of anilines is 3. The standard InChI is InChI=1S/C53H41N/c1-53(2)50-23-13-22-47(49-34-40-18-9-10-19-44(40)45-20-11-12-21-46(45)49)52(50)48-33-32-43(35-51(48)53)54(41-28-24-38(25-29-41)36-14-5-3-6-15-36)42-30-26-39(27-31-42)37-16-7-4-8-17-37/h3-35,46,49H,1-2H3. The molecule has 0 spiro atoms. The molecule has 7 aromatic rings. The first-order valence-electron chi connectivity index (χ1n) is 19.1. The van der Waals surface area contributed by atoms with Crippen molar-refractivity contribution in [2.75, 3.05) is 4.90 Å². The SMILES string of the molecule is CC1(C)c2cc(N(c3ccc(-c4ccccc4)cc3)c3ccc(-c4ccccc4)cc3)ccc2-c2c(C3C=c4ccccc4=C4C=CC=CC43)cccc21. The molecule has 54 heavy (non-hydrogen) atoms. The minimum Gasteiger partial charge on any atom is -0.310 e. The summed E-state index contributed by atoms with van der Waals surface area (Å²) in [6.07, 6.45) is 11.7. The van der Waals surface area contributed by atoms with E-state index >= 15 is 0 Å². The number of hydrogen-bond donors (Lipinski definition) is 0. The Morgan fingerprint density at radius 1 is 0.481 bits per heavy atom. The summed E-state index contributed by atoms with van der Waals surface area (Å²) in [5.41, 5.74) is 16.5. The zero-order valence-corrected chi connectivity index (χ0v) is 30.7. The minimum absolute atomic E-state index is 0.169. The molecule has 0 N–H and O–H groups in total. The van der Waals surface area contributed by atoms with Crippen molar-refractivity contribution in [3.05, 3.63) is 221 Å². The zero-order chi connectivity index (χ0) is 36.2. The molecule has 0 fully saturated rings. The lowest BCUT2D eigenvalue weighted by molar-refractivity contribution is 0.658. The van der Waals surface area contributed by atoms with Gasteiger partial charge in [-0.1, -0.05) is 178 Å². The van der Waals surface area contributed by atoms with Gasteiger partial charge in [0.1, 0.15) is 0 Å². The summed E-state index contributed by atoms with van der Waals surface area (Å²) in [5.74, 6) is 0.547. The van der Waals surface area contributed by atoms with Crippen molar-refractivity contribution in [2.45, 2.75) is 25.2 Å². The van der Waals surface area contributed by atoms with E-state index < -0.39 is 0 Å². The first kappa shape index (κ1) is 32.2.